The quantitative estimate of drug-likeness (QED) is 0.606. The summed E-state index contributed by atoms with van der Waals surface area (Å²) in [6.45, 7) is 22.1. The molecule has 0 aliphatic carbocycles. The third kappa shape index (κ3) is 3.87. The zero-order chi connectivity index (χ0) is 16.4. The van der Waals surface area contributed by atoms with Gasteiger partial charge in [0.15, 0.2) is 0 Å². The topological polar surface area (TPSA) is 26.3 Å². The summed E-state index contributed by atoms with van der Waals surface area (Å²) < 4.78 is 6.28. The highest BCUT2D eigenvalue weighted by atomic mass is 28.4. The molecule has 0 saturated carbocycles. The van der Waals surface area contributed by atoms with Gasteiger partial charge in [-0.25, -0.2) is 0 Å². The molecule has 20 heavy (non-hydrogen) atoms. The minimum atomic E-state index is -2.39. The van der Waals surface area contributed by atoms with Crippen molar-refractivity contribution in [3.63, 3.8) is 0 Å². The van der Waals surface area contributed by atoms with Gasteiger partial charge in [-0.15, -0.1) is 0 Å². The van der Waals surface area contributed by atoms with Crippen molar-refractivity contribution in [1.29, 1.82) is 0 Å². The maximum Gasteiger partial charge on any atom is 0.296 e. The first-order chi connectivity index (χ1) is 8.70. The van der Waals surface area contributed by atoms with Crippen LogP contribution in [0.3, 0.4) is 0 Å². The van der Waals surface area contributed by atoms with Crippen molar-refractivity contribution in [2.75, 3.05) is 0 Å². The predicted molar refractivity (Wildman–Crippen MR) is 90.2 cm³/mol. The highest BCUT2D eigenvalue weighted by molar-refractivity contribution is 6.83. The number of carbonyl (C=O) groups is 1. The molecule has 0 fully saturated rings. The summed E-state index contributed by atoms with van der Waals surface area (Å²) in [6, 6.07) is 0. The highest BCUT2D eigenvalue weighted by Gasteiger charge is 2.64. The maximum absolute atomic E-state index is 12.3. The first-order valence-electron chi connectivity index (χ1n) is 7.77. The number of carbonyl (C=O) groups excluding carboxylic acids is 1. The van der Waals surface area contributed by atoms with E-state index in [0.717, 1.165) is 12.8 Å². The van der Waals surface area contributed by atoms with Gasteiger partial charge < -0.3 is 4.43 Å². The van der Waals surface area contributed by atoms with E-state index >= 15 is 0 Å². The van der Waals surface area contributed by atoms with Gasteiger partial charge in [0.05, 0.1) is 6.42 Å². The Morgan fingerprint density at radius 2 is 1.25 bits per heavy atom. The van der Waals surface area contributed by atoms with Crippen LogP contribution in [0.2, 0.25) is 15.1 Å². The SMILES string of the molecule is CCC[CH]C(=O)O[Si](C(C)(C)C)(C(C)(C)C)C(C)(C)C. The lowest BCUT2D eigenvalue weighted by Crippen LogP contribution is -2.61. The first kappa shape index (κ1) is 19.7. The smallest absolute Gasteiger partial charge is 0.296 e. The van der Waals surface area contributed by atoms with Crippen LogP contribution in [0, 0.1) is 6.42 Å². The van der Waals surface area contributed by atoms with E-state index in [9.17, 15) is 4.79 Å². The van der Waals surface area contributed by atoms with Crippen LogP contribution in [0.1, 0.15) is 82.1 Å². The number of rotatable bonds is 4. The zero-order valence-electron chi connectivity index (χ0n) is 15.3. The lowest BCUT2D eigenvalue weighted by molar-refractivity contribution is -0.132. The van der Waals surface area contributed by atoms with E-state index in [-0.39, 0.29) is 21.1 Å². The van der Waals surface area contributed by atoms with Gasteiger partial charge in [-0.2, -0.15) is 0 Å². The summed E-state index contributed by atoms with van der Waals surface area (Å²) >= 11 is 0. The fraction of sp³-hybridized carbons (Fsp3) is 0.882. The second-order valence-electron chi connectivity index (χ2n) is 8.85. The van der Waals surface area contributed by atoms with Gasteiger partial charge in [0.2, 0.25) is 0 Å². The minimum absolute atomic E-state index is 0.0147. The van der Waals surface area contributed by atoms with Crippen LogP contribution in [0.4, 0.5) is 0 Å². The molecule has 0 saturated heterocycles. The average Bonchev–Trinajstić information content (AvgIpc) is 2.17. The molecule has 0 heterocycles. The molecule has 0 aliphatic rings. The van der Waals surface area contributed by atoms with Crippen LogP contribution < -0.4 is 0 Å². The number of unbranched alkanes of at least 4 members (excludes halogenated alkanes) is 1. The molecule has 0 unspecified atom stereocenters. The van der Waals surface area contributed by atoms with Crippen LogP contribution in [0.15, 0.2) is 0 Å². The van der Waals surface area contributed by atoms with Gasteiger partial charge in [0.1, 0.15) is 0 Å². The van der Waals surface area contributed by atoms with Crippen molar-refractivity contribution in [2.24, 2.45) is 0 Å². The monoisotopic (exact) mass is 299 g/mol. The summed E-state index contributed by atoms with van der Waals surface area (Å²) in [5.74, 6) is -0.127. The van der Waals surface area contributed by atoms with Crippen molar-refractivity contribution in [3.8, 4) is 0 Å². The van der Waals surface area contributed by atoms with Crippen molar-refractivity contribution in [2.45, 2.75) is 97.2 Å². The summed E-state index contributed by atoms with van der Waals surface area (Å²) in [5, 5.41) is -0.0440. The van der Waals surface area contributed by atoms with E-state index in [4.69, 9.17) is 4.43 Å². The normalized spacial score (nSPS) is 14.3. The van der Waals surface area contributed by atoms with E-state index in [1.807, 2.05) is 0 Å². The van der Waals surface area contributed by atoms with Crippen LogP contribution in [0.25, 0.3) is 0 Å². The molecule has 3 heteroatoms. The van der Waals surface area contributed by atoms with Crippen molar-refractivity contribution in [3.05, 3.63) is 6.42 Å². The fourth-order valence-corrected chi connectivity index (χ4v) is 12.3. The van der Waals surface area contributed by atoms with Crippen LogP contribution >= 0.6 is 0 Å². The second kappa shape index (κ2) is 6.21. The van der Waals surface area contributed by atoms with E-state index in [2.05, 4.69) is 69.2 Å². The number of hydrogen-bond donors (Lipinski definition) is 0. The first-order valence-corrected chi connectivity index (χ1v) is 9.67. The molecule has 1 radical (unpaired) electrons. The van der Waals surface area contributed by atoms with Crippen molar-refractivity contribution >= 4 is 14.3 Å². The molecule has 2 nitrogen and oxygen atoms in total. The molecular weight excluding hydrogens is 264 g/mol. The Morgan fingerprint density at radius 1 is 0.900 bits per heavy atom. The Balaban J connectivity index is 5.75. The van der Waals surface area contributed by atoms with Gasteiger partial charge in [0, 0.05) is 0 Å². The maximum atomic E-state index is 12.3. The lowest BCUT2D eigenvalue weighted by atomic mass is 10.2. The van der Waals surface area contributed by atoms with Crippen LogP contribution in [-0.4, -0.2) is 14.3 Å². The number of hydrogen-bond acceptors (Lipinski definition) is 2. The Hall–Kier alpha value is -0.313. The van der Waals surface area contributed by atoms with Gasteiger partial charge in [-0.1, -0.05) is 75.7 Å². The molecule has 0 amide bonds. The average molecular weight is 300 g/mol. The summed E-state index contributed by atoms with van der Waals surface area (Å²) in [6.07, 6.45) is 3.48. The van der Waals surface area contributed by atoms with E-state index in [0.29, 0.717) is 0 Å². The molecule has 119 valence electrons. The van der Waals surface area contributed by atoms with Gasteiger partial charge in [0.25, 0.3) is 14.3 Å². The summed E-state index contributed by atoms with van der Waals surface area (Å²) in [4.78, 5) is 12.3. The Bertz CT molecular complexity index is 290. The minimum Gasteiger partial charge on any atom is -0.517 e. The molecule has 0 rings (SSSR count). The zero-order valence-corrected chi connectivity index (χ0v) is 16.3. The highest BCUT2D eigenvalue weighted by Crippen LogP contribution is 2.62. The Kier molecular flexibility index (Phi) is 6.11. The standard InChI is InChI=1S/C17H35O2Si/c1-11-12-13-14(18)19-20(15(2,3)4,16(5,6)7)17(8,9)10/h13H,11-12H2,1-10H3. The van der Waals surface area contributed by atoms with Crippen molar-refractivity contribution < 1.29 is 9.22 Å². The van der Waals surface area contributed by atoms with E-state index in [1.165, 1.54) is 0 Å². The molecule has 0 aromatic heterocycles. The molecule has 0 aromatic carbocycles. The molecule has 0 N–H and O–H groups in total. The molecule has 0 aliphatic heterocycles. The van der Waals surface area contributed by atoms with E-state index < -0.39 is 8.32 Å². The Labute approximate surface area is 127 Å². The predicted octanol–water partition coefficient (Wildman–Crippen LogP) is 5.88. The third-order valence-corrected chi connectivity index (χ3v) is 10.9. The molecule has 0 aromatic rings. The molecular formula is C17H35O2Si. The van der Waals surface area contributed by atoms with Gasteiger partial charge in [-0.3, -0.25) is 4.79 Å². The van der Waals surface area contributed by atoms with Crippen LogP contribution in [-0.2, 0) is 9.22 Å². The largest absolute Gasteiger partial charge is 0.517 e. The summed E-state index contributed by atoms with van der Waals surface area (Å²) in [7, 11) is -2.39. The second-order valence-corrected chi connectivity index (χ2v) is 14.9. The molecule has 0 spiro atoms. The molecule has 0 bridgehead atoms. The molecule has 0 atom stereocenters. The third-order valence-electron chi connectivity index (χ3n) is 4.02. The van der Waals surface area contributed by atoms with Gasteiger partial charge in [-0.05, 0) is 21.5 Å². The summed E-state index contributed by atoms with van der Waals surface area (Å²) in [5.41, 5.74) is 0. The van der Waals surface area contributed by atoms with Crippen LogP contribution in [0.5, 0.6) is 0 Å². The lowest BCUT2D eigenvalue weighted by Gasteiger charge is -2.56. The van der Waals surface area contributed by atoms with E-state index in [1.54, 1.807) is 6.42 Å². The van der Waals surface area contributed by atoms with Gasteiger partial charge >= 0.3 is 0 Å². The fourth-order valence-electron chi connectivity index (χ4n) is 4.29. The van der Waals surface area contributed by atoms with Crippen molar-refractivity contribution in [1.82, 2.24) is 0 Å². The Morgan fingerprint density at radius 3 is 1.50 bits per heavy atom.